The molecule has 0 aliphatic rings. The van der Waals surface area contributed by atoms with E-state index < -0.39 is 0 Å². The van der Waals surface area contributed by atoms with Crippen LogP contribution in [0.3, 0.4) is 0 Å². The van der Waals surface area contributed by atoms with Crippen molar-refractivity contribution in [3.63, 3.8) is 0 Å². The van der Waals surface area contributed by atoms with Gasteiger partial charge in [0.1, 0.15) is 5.75 Å². The largest absolute Gasteiger partial charge is 0.508 e. The first-order valence-electron chi connectivity index (χ1n) is 4.21. The van der Waals surface area contributed by atoms with Crippen molar-refractivity contribution in [2.45, 2.75) is 33.1 Å². The minimum Gasteiger partial charge on any atom is -0.508 e. The Morgan fingerprint density at radius 3 is 1.93 bits per heavy atom. The van der Waals surface area contributed by atoms with Gasteiger partial charge in [0, 0.05) is 21.7 Å². The molecule has 0 fully saturated rings. The Bertz CT molecular complexity index is 272. The van der Waals surface area contributed by atoms with Crippen molar-refractivity contribution >= 4 is 12.4 Å². The van der Waals surface area contributed by atoms with E-state index in [-0.39, 0.29) is 39.5 Å². The van der Waals surface area contributed by atoms with Crippen LogP contribution in [0.4, 0.5) is 0 Å². The number of aryl methyl sites for hydroxylation is 1. The van der Waals surface area contributed by atoms with E-state index in [0.717, 1.165) is 5.56 Å². The zero-order valence-electron chi connectivity index (χ0n) is 9.09. The molecule has 0 heterocycles. The van der Waals surface area contributed by atoms with Crippen molar-refractivity contribution in [3.8, 4) is 5.75 Å². The third kappa shape index (κ3) is 4.50. The van der Waals surface area contributed by atoms with Gasteiger partial charge in [-0.3, -0.25) is 0 Å². The van der Waals surface area contributed by atoms with E-state index in [1.54, 1.807) is 6.07 Å². The molecule has 0 saturated heterocycles. The van der Waals surface area contributed by atoms with Crippen molar-refractivity contribution in [2.24, 2.45) is 0 Å². The maximum atomic E-state index is 9.36. The number of benzene rings is 1. The molecule has 0 saturated carbocycles. The van der Waals surface area contributed by atoms with Gasteiger partial charge in [0.05, 0.1) is 0 Å². The molecule has 0 radical (unpaired) electrons. The Morgan fingerprint density at radius 1 is 1.07 bits per heavy atom. The van der Waals surface area contributed by atoms with Gasteiger partial charge in [-0.25, -0.2) is 0 Å². The second-order valence-electron chi connectivity index (χ2n) is 4.31. The maximum Gasteiger partial charge on any atom is 0.116 e. The predicted octanol–water partition coefficient (Wildman–Crippen LogP) is 3.42. The summed E-state index contributed by atoms with van der Waals surface area (Å²) in [5.74, 6) is 0.361. The van der Waals surface area contributed by atoms with E-state index in [1.165, 1.54) is 5.56 Å². The van der Waals surface area contributed by atoms with Gasteiger partial charge in [-0.1, -0.05) is 26.8 Å². The van der Waals surface area contributed by atoms with Crippen LogP contribution >= 0.6 is 12.4 Å². The molecular formula is C11H17ClOTi. The predicted molar refractivity (Wildman–Crippen MR) is 58.8 cm³/mol. The summed E-state index contributed by atoms with van der Waals surface area (Å²) in [6.07, 6.45) is 0. The maximum absolute atomic E-state index is 9.36. The van der Waals surface area contributed by atoms with Gasteiger partial charge in [-0.2, -0.15) is 0 Å². The van der Waals surface area contributed by atoms with E-state index >= 15 is 0 Å². The number of aromatic hydroxyl groups is 1. The molecule has 0 spiro atoms. The summed E-state index contributed by atoms with van der Waals surface area (Å²) in [5.41, 5.74) is 2.41. The Balaban J connectivity index is 0. The Kier molecular flexibility index (Phi) is 6.81. The van der Waals surface area contributed by atoms with Gasteiger partial charge in [0.15, 0.2) is 0 Å². The fourth-order valence-electron chi connectivity index (χ4n) is 1.20. The zero-order valence-corrected chi connectivity index (χ0v) is 11.5. The second kappa shape index (κ2) is 5.80. The molecule has 0 atom stereocenters. The number of hydrogen-bond acceptors (Lipinski definition) is 1. The van der Waals surface area contributed by atoms with E-state index in [2.05, 4.69) is 26.8 Å². The average molecular weight is 249 g/mol. The second-order valence-corrected chi connectivity index (χ2v) is 4.31. The molecule has 0 bridgehead atoms. The Morgan fingerprint density at radius 2 is 1.57 bits per heavy atom. The van der Waals surface area contributed by atoms with Gasteiger partial charge >= 0.3 is 0 Å². The minimum atomic E-state index is 0. The molecule has 0 aliphatic carbocycles. The number of phenolic OH excluding ortho intramolecular Hbond substituents is 1. The molecule has 0 aromatic heterocycles. The SMILES string of the molecule is Cc1cc(O)cc(C(C)(C)C)c1.Cl.[Ti]. The van der Waals surface area contributed by atoms with Gasteiger partial charge in [0.2, 0.25) is 0 Å². The third-order valence-electron chi connectivity index (χ3n) is 1.93. The van der Waals surface area contributed by atoms with Crippen molar-refractivity contribution in [1.29, 1.82) is 0 Å². The van der Waals surface area contributed by atoms with Crippen LogP contribution in [0.15, 0.2) is 18.2 Å². The molecule has 1 aromatic rings. The van der Waals surface area contributed by atoms with Gasteiger partial charge < -0.3 is 5.11 Å². The summed E-state index contributed by atoms with van der Waals surface area (Å²) in [6.45, 7) is 8.42. The molecule has 1 aromatic carbocycles. The van der Waals surface area contributed by atoms with E-state index in [4.69, 9.17) is 0 Å². The normalized spacial score (nSPS) is 10.0. The molecule has 0 unspecified atom stereocenters. The number of rotatable bonds is 0. The molecule has 1 nitrogen and oxygen atoms in total. The minimum absolute atomic E-state index is 0. The molecule has 78 valence electrons. The van der Waals surface area contributed by atoms with Crippen molar-refractivity contribution < 1.29 is 26.8 Å². The van der Waals surface area contributed by atoms with Crippen LogP contribution in [-0.4, -0.2) is 5.11 Å². The topological polar surface area (TPSA) is 20.2 Å². The first kappa shape index (κ1) is 16.5. The fourth-order valence-corrected chi connectivity index (χ4v) is 1.20. The summed E-state index contributed by atoms with van der Waals surface area (Å²) in [7, 11) is 0. The van der Waals surface area contributed by atoms with E-state index in [9.17, 15) is 5.11 Å². The van der Waals surface area contributed by atoms with Crippen LogP contribution in [0.2, 0.25) is 0 Å². The smallest absolute Gasteiger partial charge is 0.116 e. The first-order chi connectivity index (χ1) is 5.39. The third-order valence-corrected chi connectivity index (χ3v) is 1.93. The average Bonchev–Trinajstić information content (AvgIpc) is 1.82. The number of halogens is 1. The molecular weight excluding hydrogens is 231 g/mol. The standard InChI is InChI=1S/C11H16O.ClH.Ti/c1-8-5-9(11(2,3)4)7-10(12)6-8;;/h5-7,12H,1-4H3;1H;. The monoisotopic (exact) mass is 248 g/mol. The molecule has 14 heavy (non-hydrogen) atoms. The Labute approximate surface area is 107 Å². The van der Waals surface area contributed by atoms with Crippen LogP contribution < -0.4 is 0 Å². The molecule has 0 aliphatic heterocycles. The van der Waals surface area contributed by atoms with Crippen LogP contribution in [0.25, 0.3) is 0 Å². The summed E-state index contributed by atoms with van der Waals surface area (Å²) in [6, 6.07) is 5.71. The molecule has 0 amide bonds. The molecule has 3 heteroatoms. The van der Waals surface area contributed by atoms with Crippen molar-refractivity contribution in [1.82, 2.24) is 0 Å². The number of phenols is 1. The summed E-state index contributed by atoms with van der Waals surface area (Å²) < 4.78 is 0. The van der Waals surface area contributed by atoms with Crippen LogP contribution in [0.1, 0.15) is 31.9 Å². The van der Waals surface area contributed by atoms with E-state index in [0.29, 0.717) is 5.75 Å². The number of hydrogen-bond donors (Lipinski definition) is 1. The zero-order chi connectivity index (χ0) is 9.35. The fraction of sp³-hybridized carbons (Fsp3) is 0.455. The van der Waals surface area contributed by atoms with Gasteiger partial charge in [-0.15, -0.1) is 12.4 Å². The van der Waals surface area contributed by atoms with Crippen LogP contribution in [0, 0.1) is 6.92 Å². The molecule has 1 rings (SSSR count). The van der Waals surface area contributed by atoms with Crippen molar-refractivity contribution in [2.75, 3.05) is 0 Å². The summed E-state index contributed by atoms with van der Waals surface area (Å²) in [4.78, 5) is 0. The summed E-state index contributed by atoms with van der Waals surface area (Å²) in [5, 5.41) is 9.36. The van der Waals surface area contributed by atoms with Gasteiger partial charge in [0.25, 0.3) is 0 Å². The summed E-state index contributed by atoms with van der Waals surface area (Å²) >= 11 is 0. The van der Waals surface area contributed by atoms with Crippen LogP contribution in [-0.2, 0) is 27.1 Å². The van der Waals surface area contributed by atoms with Gasteiger partial charge in [-0.05, 0) is 35.6 Å². The van der Waals surface area contributed by atoms with Crippen LogP contribution in [0.5, 0.6) is 5.75 Å². The molecule has 1 N–H and O–H groups in total. The first-order valence-corrected chi connectivity index (χ1v) is 4.21. The quantitative estimate of drug-likeness (QED) is 0.698. The Hall–Kier alpha value is 0.0243. The van der Waals surface area contributed by atoms with Crippen molar-refractivity contribution in [3.05, 3.63) is 29.3 Å². The van der Waals surface area contributed by atoms with E-state index in [1.807, 2.05) is 13.0 Å².